The van der Waals surface area contributed by atoms with Gasteiger partial charge in [0.25, 0.3) is 0 Å². The molecule has 0 saturated carbocycles. The molecule has 1 atom stereocenters. The highest BCUT2D eigenvalue weighted by Crippen LogP contribution is 2.40. The molecule has 0 aliphatic carbocycles. The number of aromatic nitrogens is 2. The van der Waals surface area contributed by atoms with E-state index >= 15 is 0 Å². The van der Waals surface area contributed by atoms with Gasteiger partial charge in [-0.25, -0.2) is 4.98 Å². The van der Waals surface area contributed by atoms with Crippen molar-refractivity contribution >= 4 is 44.9 Å². The van der Waals surface area contributed by atoms with Gasteiger partial charge in [-0.2, -0.15) is 4.98 Å². The minimum atomic E-state index is -0.157. The van der Waals surface area contributed by atoms with Crippen molar-refractivity contribution in [3.8, 4) is 16.9 Å². The van der Waals surface area contributed by atoms with Crippen LogP contribution >= 0.6 is 22.9 Å². The number of hydrogen-bond acceptors (Lipinski definition) is 7. The van der Waals surface area contributed by atoms with Gasteiger partial charge >= 0.3 is 5.97 Å². The maximum atomic E-state index is 12.3. The number of fused-ring (bicyclic) bond motifs is 1. The molecule has 3 heterocycles. The number of esters is 1. The van der Waals surface area contributed by atoms with E-state index in [0.29, 0.717) is 19.8 Å². The molecule has 158 valence electrons. The summed E-state index contributed by atoms with van der Waals surface area (Å²) >= 11 is 7.80. The Morgan fingerprint density at radius 1 is 1.23 bits per heavy atom. The quantitative estimate of drug-likeness (QED) is 0.384. The van der Waals surface area contributed by atoms with Gasteiger partial charge in [0, 0.05) is 24.0 Å². The van der Waals surface area contributed by atoms with Gasteiger partial charge in [0.1, 0.15) is 16.4 Å². The number of benzene rings is 1. The van der Waals surface area contributed by atoms with E-state index in [1.54, 1.807) is 11.3 Å². The van der Waals surface area contributed by atoms with Gasteiger partial charge in [-0.3, -0.25) is 4.79 Å². The third-order valence-corrected chi connectivity index (χ3v) is 6.25. The fourth-order valence-electron chi connectivity index (χ4n) is 3.86. The van der Waals surface area contributed by atoms with Gasteiger partial charge in [0.05, 0.1) is 24.5 Å². The van der Waals surface area contributed by atoms with Crippen LogP contribution in [0.4, 0.5) is 5.82 Å². The highest BCUT2D eigenvalue weighted by molar-refractivity contribution is 7.17. The summed E-state index contributed by atoms with van der Waals surface area (Å²) in [4.78, 5) is 24.3. The summed E-state index contributed by atoms with van der Waals surface area (Å²) in [7, 11) is 0. The van der Waals surface area contributed by atoms with Crippen molar-refractivity contribution in [2.45, 2.75) is 26.7 Å². The molecule has 3 aromatic rings. The first-order chi connectivity index (χ1) is 14.6. The van der Waals surface area contributed by atoms with E-state index in [4.69, 9.17) is 21.1 Å². The Balaban J connectivity index is 1.73. The molecular weight excluding hydrogens is 422 g/mol. The highest BCUT2D eigenvalue weighted by atomic mass is 35.5. The molecule has 0 bridgehead atoms. The lowest BCUT2D eigenvalue weighted by Gasteiger charge is -2.33. The van der Waals surface area contributed by atoms with Crippen LogP contribution in [0.3, 0.4) is 0 Å². The van der Waals surface area contributed by atoms with Crippen molar-refractivity contribution in [1.29, 1.82) is 0 Å². The average molecular weight is 446 g/mol. The zero-order valence-corrected chi connectivity index (χ0v) is 18.6. The van der Waals surface area contributed by atoms with Crippen molar-refractivity contribution in [1.82, 2.24) is 9.97 Å². The van der Waals surface area contributed by atoms with Crippen LogP contribution in [0.5, 0.6) is 5.75 Å². The number of carbonyl (C=O) groups is 1. The molecule has 30 heavy (non-hydrogen) atoms. The second-order valence-electron chi connectivity index (χ2n) is 7.14. The molecule has 1 unspecified atom stereocenters. The third-order valence-electron chi connectivity index (χ3n) is 5.20. The van der Waals surface area contributed by atoms with Crippen LogP contribution in [0, 0.1) is 5.92 Å². The summed E-state index contributed by atoms with van der Waals surface area (Å²) in [6, 6.07) is 8.03. The second kappa shape index (κ2) is 9.18. The third kappa shape index (κ3) is 4.23. The molecule has 0 N–H and O–H groups in total. The lowest BCUT2D eigenvalue weighted by Crippen LogP contribution is -2.40. The molecule has 1 aromatic carbocycles. The van der Waals surface area contributed by atoms with Gasteiger partial charge in [-0.15, -0.1) is 11.3 Å². The Labute approximate surface area is 184 Å². The van der Waals surface area contributed by atoms with Gasteiger partial charge in [-0.1, -0.05) is 12.1 Å². The fraction of sp³-hybridized carbons (Fsp3) is 0.409. The molecule has 8 heteroatoms. The topological polar surface area (TPSA) is 64.5 Å². The lowest BCUT2D eigenvalue weighted by molar-refractivity contribution is -0.148. The SMILES string of the molecule is CCOC(=O)C1CCCN(c2nc(Cl)nc3scc(-c4ccc(OCC)cc4)c23)C1. The van der Waals surface area contributed by atoms with Gasteiger partial charge in [0.2, 0.25) is 5.28 Å². The van der Waals surface area contributed by atoms with Crippen LogP contribution < -0.4 is 9.64 Å². The Morgan fingerprint density at radius 3 is 2.77 bits per heavy atom. The number of rotatable bonds is 6. The van der Waals surface area contributed by atoms with Crippen LogP contribution in [-0.4, -0.2) is 42.2 Å². The number of halogens is 1. The monoisotopic (exact) mass is 445 g/mol. The van der Waals surface area contributed by atoms with Crippen molar-refractivity contribution in [2.75, 3.05) is 31.2 Å². The molecule has 1 aliphatic heterocycles. The lowest BCUT2D eigenvalue weighted by atomic mass is 9.97. The normalized spacial score (nSPS) is 16.6. The average Bonchev–Trinajstić information content (AvgIpc) is 3.18. The molecule has 0 radical (unpaired) electrons. The van der Waals surface area contributed by atoms with Crippen molar-refractivity contribution in [3.63, 3.8) is 0 Å². The molecule has 1 aliphatic rings. The van der Waals surface area contributed by atoms with Crippen LogP contribution in [-0.2, 0) is 9.53 Å². The van der Waals surface area contributed by atoms with E-state index in [-0.39, 0.29) is 17.2 Å². The van der Waals surface area contributed by atoms with Gasteiger partial charge < -0.3 is 14.4 Å². The van der Waals surface area contributed by atoms with Crippen LogP contribution in [0.1, 0.15) is 26.7 Å². The van der Waals surface area contributed by atoms with Crippen molar-refractivity contribution in [2.24, 2.45) is 5.92 Å². The number of ether oxygens (including phenoxy) is 2. The Hall–Kier alpha value is -2.38. The number of hydrogen-bond donors (Lipinski definition) is 0. The molecule has 4 rings (SSSR count). The van der Waals surface area contributed by atoms with Crippen molar-refractivity contribution in [3.05, 3.63) is 34.9 Å². The molecule has 1 fully saturated rings. The van der Waals surface area contributed by atoms with E-state index < -0.39 is 0 Å². The predicted molar refractivity (Wildman–Crippen MR) is 121 cm³/mol. The summed E-state index contributed by atoms with van der Waals surface area (Å²) in [5.41, 5.74) is 2.12. The zero-order valence-electron chi connectivity index (χ0n) is 17.1. The molecule has 1 saturated heterocycles. The van der Waals surface area contributed by atoms with Crippen LogP contribution in [0.15, 0.2) is 29.6 Å². The predicted octanol–water partition coefficient (Wildman–Crippen LogP) is 5.19. The molecule has 2 aromatic heterocycles. The number of nitrogens with zero attached hydrogens (tertiary/aromatic N) is 3. The molecular formula is C22H24ClN3O3S. The minimum absolute atomic E-state index is 0.143. The van der Waals surface area contributed by atoms with Crippen molar-refractivity contribution < 1.29 is 14.3 Å². The number of piperidine rings is 1. The fourth-order valence-corrected chi connectivity index (χ4v) is 5.02. The van der Waals surface area contributed by atoms with E-state index in [1.807, 2.05) is 38.1 Å². The summed E-state index contributed by atoms with van der Waals surface area (Å²) in [5, 5.41) is 3.27. The molecule has 0 spiro atoms. The van der Waals surface area contributed by atoms with E-state index in [2.05, 4.69) is 20.2 Å². The first-order valence-corrected chi connectivity index (χ1v) is 11.5. The Morgan fingerprint density at radius 2 is 2.03 bits per heavy atom. The summed E-state index contributed by atoms with van der Waals surface area (Å²) < 4.78 is 10.8. The number of anilines is 1. The second-order valence-corrected chi connectivity index (χ2v) is 8.34. The molecule has 0 amide bonds. The smallest absolute Gasteiger partial charge is 0.310 e. The van der Waals surface area contributed by atoms with E-state index in [9.17, 15) is 4.79 Å². The van der Waals surface area contributed by atoms with E-state index in [1.165, 1.54) is 0 Å². The van der Waals surface area contributed by atoms with Crippen LogP contribution in [0.2, 0.25) is 5.28 Å². The zero-order chi connectivity index (χ0) is 21.1. The van der Waals surface area contributed by atoms with E-state index in [0.717, 1.165) is 52.3 Å². The first-order valence-electron chi connectivity index (χ1n) is 10.2. The number of thiophene rings is 1. The van der Waals surface area contributed by atoms with Crippen LogP contribution in [0.25, 0.3) is 21.3 Å². The Bertz CT molecular complexity index is 1040. The largest absolute Gasteiger partial charge is 0.494 e. The summed E-state index contributed by atoms with van der Waals surface area (Å²) in [6.07, 6.45) is 1.72. The number of carbonyl (C=O) groups excluding carboxylic acids is 1. The minimum Gasteiger partial charge on any atom is -0.494 e. The standard InChI is InChI=1S/C22H24ClN3O3S/c1-3-28-16-9-7-14(8-10-16)17-13-30-20-18(17)19(24-22(23)25-20)26-11-5-6-15(12-26)21(27)29-4-2/h7-10,13,15H,3-6,11-12H2,1-2H3. The summed E-state index contributed by atoms with van der Waals surface area (Å²) in [6.45, 7) is 6.21. The summed E-state index contributed by atoms with van der Waals surface area (Å²) in [5.74, 6) is 1.32. The maximum absolute atomic E-state index is 12.3. The first kappa shape index (κ1) is 20.9. The van der Waals surface area contributed by atoms with Gasteiger partial charge in [-0.05, 0) is 56.0 Å². The maximum Gasteiger partial charge on any atom is 0.310 e. The Kier molecular flexibility index (Phi) is 6.39. The molecule has 6 nitrogen and oxygen atoms in total. The van der Waals surface area contributed by atoms with Gasteiger partial charge in [0.15, 0.2) is 0 Å². The highest BCUT2D eigenvalue weighted by Gasteiger charge is 2.29.